The molecule has 0 bridgehead atoms. The van der Waals surface area contributed by atoms with Crippen LogP contribution in [0.15, 0.2) is 18.2 Å². The van der Waals surface area contributed by atoms with E-state index in [4.69, 9.17) is 5.73 Å². The molecule has 1 aliphatic heterocycles. The van der Waals surface area contributed by atoms with Crippen molar-refractivity contribution in [3.8, 4) is 0 Å². The Morgan fingerprint density at radius 2 is 2.39 bits per heavy atom. The van der Waals surface area contributed by atoms with E-state index in [0.29, 0.717) is 18.3 Å². The minimum atomic E-state index is -0.615. The summed E-state index contributed by atoms with van der Waals surface area (Å²) in [5.74, 6) is -1.05. The van der Waals surface area contributed by atoms with Crippen molar-refractivity contribution in [1.82, 2.24) is 5.32 Å². The Morgan fingerprint density at radius 3 is 3.00 bits per heavy atom. The Morgan fingerprint density at radius 1 is 1.56 bits per heavy atom. The van der Waals surface area contributed by atoms with Crippen molar-refractivity contribution in [2.75, 3.05) is 18.4 Å². The average molecular weight is 251 g/mol. The molecule has 4 N–H and O–H groups in total. The van der Waals surface area contributed by atoms with Gasteiger partial charge < -0.3 is 16.4 Å². The molecule has 0 radical (unpaired) electrons. The molecule has 1 aromatic carbocycles. The number of hydrogen-bond donors (Lipinski definition) is 3. The largest absolute Gasteiger partial charge is 0.383 e. The van der Waals surface area contributed by atoms with E-state index in [1.54, 1.807) is 6.07 Å². The number of anilines is 1. The fourth-order valence-electron chi connectivity index (χ4n) is 2.20. The summed E-state index contributed by atoms with van der Waals surface area (Å²) in [6.07, 6.45) is 3.37. The molecule has 1 aliphatic rings. The van der Waals surface area contributed by atoms with E-state index in [1.165, 1.54) is 25.0 Å². The van der Waals surface area contributed by atoms with Gasteiger partial charge in [0.05, 0.1) is 5.69 Å². The van der Waals surface area contributed by atoms with Crippen molar-refractivity contribution in [1.29, 1.82) is 0 Å². The van der Waals surface area contributed by atoms with Gasteiger partial charge in [0.1, 0.15) is 5.82 Å². The smallest absolute Gasteiger partial charge is 0.248 e. The first-order chi connectivity index (χ1) is 8.66. The molecule has 1 aromatic rings. The Balaban J connectivity index is 1.87. The lowest BCUT2D eigenvalue weighted by atomic mass is 10.1. The number of hydrogen-bond acceptors (Lipinski definition) is 3. The van der Waals surface area contributed by atoms with Gasteiger partial charge in [-0.1, -0.05) is 0 Å². The Labute approximate surface area is 106 Å². The van der Waals surface area contributed by atoms with E-state index in [9.17, 15) is 9.18 Å². The number of benzene rings is 1. The monoisotopic (exact) mass is 251 g/mol. The van der Waals surface area contributed by atoms with E-state index < -0.39 is 11.7 Å². The van der Waals surface area contributed by atoms with Gasteiger partial charge in [-0.25, -0.2) is 4.39 Å². The standard InChI is InChI=1S/C13H18FN3O/c14-11-8-9(13(15)18)3-4-12(11)17-7-5-10-2-1-6-16-10/h3-4,8,10,16-17H,1-2,5-7H2,(H2,15,18)/t10-/m1/s1. The third-order valence-corrected chi connectivity index (χ3v) is 3.22. The number of rotatable bonds is 5. The van der Waals surface area contributed by atoms with Crippen LogP contribution in [-0.4, -0.2) is 25.0 Å². The molecule has 2 rings (SSSR count). The van der Waals surface area contributed by atoms with Crippen molar-refractivity contribution in [3.63, 3.8) is 0 Å². The van der Waals surface area contributed by atoms with Crippen LogP contribution in [0.5, 0.6) is 0 Å². The van der Waals surface area contributed by atoms with Crippen LogP contribution in [0, 0.1) is 5.82 Å². The van der Waals surface area contributed by atoms with Crippen LogP contribution in [0.2, 0.25) is 0 Å². The first-order valence-electron chi connectivity index (χ1n) is 6.23. The predicted octanol–water partition coefficient (Wildman–Crippen LogP) is 1.48. The number of primary amides is 1. The van der Waals surface area contributed by atoms with E-state index in [0.717, 1.165) is 13.0 Å². The molecular formula is C13H18FN3O. The van der Waals surface area contributed by atoms with Gasteiger partial charge in [0.2, 0.25) is 5.91 Å². The van der Waals surface area contributed by atoms with Crippen LogP contribution in [0.1, 0.15) is 29.6 Å². The first-order valence-corrected chi connectivity index (χ1v) is 6.23. The highest BCUT2D eigenvalue weighted by Crippen LogP contribution is 2.16. The lowest BCUT2D eigenvalue weighted by Gasteiger charge is -2.12. The van der Waals surface area contributed by atoms with Gasteiger partial charge in [0.25, 0.3) is 0 Å². The number of carbonyl (C=O) groups excluding carboxylic acids is 1. The lowest BCUT2D eigenvalue weighted by Crippen LogP contribution is -2.24. The minimum Gasteiger partial charge on any atom is -0.383 e. The van der Waals surface area contributed by atoms with Crippen molar-refractivity contribution < 1.29 is 9.18 Å². The van der Waals surface area contributed by atoms with Crippen LogP contribution in [0.25, 0.3) is 0 Å². The average Bonchev–Trinajstić information content (AvgIpc) is 2.84. The van der Waals surface area contributed by atoms with E-state index in [2.05, 4.69) is 10.6 Å². The number of nitrogens with one attached hydrogen (secondary N) is 2. The van der Waals surface area contributed by atoms with E-state index in [-0.39, 0.29) is 5.56 Å². The molecule has 4 nitrogen and oxygen atoms in total. The molecule has 1 amide bonds. The Bertz CT molecular complexity index is 430. The third-order valence-electron chi connectivity index (χ3n) is 3.22. The molecule has 0 aromatic heterocycles. The molecule has 18 heavy (non-hydrogen) atoms. The number of halogens is 1. The molecular weight excluding hydrogens is 233 g/mol. The summed E-state index contributed by atoms with van der Waals surface area (Å²) in [5, 5.41) is 6.43. The second-order valence-corrected chi connectivity index (χ2v) is 4.57. The second-order valence-electron chi connectivity index (χ2n) is 4.57. The summed E-state index contributed by atoms with van der Waals surface area (Å²) < 4.78 is 13.6. The molecule has 1 atom stereocenters. The number of nitrogens with two attached hydrogens (primary N) is 1. The highest BCUT2D eigenvalue weighted by molar-refractivity contribution is 5.93. The number of amides is 1. The van der Waals surface area contributed by atoms with Gasteiger partial charge in [-0.3, -0.25) is 4.79 Å². The van der Waals surface area contributed by atoms with Crippen LogP contribution < -0.4 is 16.4 Å². The summed E-state index contributed by atoms with van der Waals surface area (Å²) in [7, 11) is 0. The fourth-order valence-corrected chi connectivity index (χ4v) is 2.20. The zero-order valence-electron chi connectivity index (χ0n) is 10.2. The normalized spacial score (nSPS) is 18.8. The van der Waals surface area contributed by atoms with Gasteiger partial charge in [0, 0.05) is 18.2 Å². The van der Waals surface area contributed by atoms with Crippen molar-refractivity contribution in [2.45, 2.75) is 25.3 Å². The molecule has 5 heteroatoms. The van der Waals surface area contributed by atoms with Gasteiger partial charge in [-0.05, 0) is 44.0 Å². The molecule has 1 fully saturated rings. The summed E-state index contributed by atoms with van der Waals surface area (Å²) in [6, 6.07) is 4.78. The minimum absolute atomic E-state index is 0.190. The summed E-state index contributed by atoms with van der Waals surface area (Å²) in [4.78, 5) is 10.9. The van der Waals surface area contributed by atoms with Crippen LogP contribution in [0.3, 0.4) is 0 Å². The molecule has 0 unspecified atom stereocenters. The lowest BCUT2D eigenvalue weighted by molar-refractivity contribution is 0.1000. The zero-order valence-corrected chi connectivity index (χ0v) is 10.2. The van der Waals surface area contributed by atoms with Gasteiger partial charge in [-0.2, -0.15) is 0 Å². The first kappa shape index (κ1) is 12.8. The third kappa shape index (κ3) is 3.20. The molecule has 0 spiro atoms. The van der Waals surface area contributed by atoms with Gasteiger partial charge in [0.15, 0.2) is 0 Å². The SMILES string of the molecule is NC(=O)c1ccc(NCC[C@H]2CCCN2)c(F)c1. The fraction of sp³-hybridized carbons (Fsp3) is 0.462. The highest BCUT2D eigenvalue weighted by atomic mass is 19.1. The predicted molar refractivity (Wildman–Crippen MR) is 69.0 cm³/mol. The Hall–Kier alpha value is -1.62. The topological polar surface area (TPSA) is 67.2 Å². The molecule has 1 heterocycles. The van der Waals surface area contributed by atoms with Gasteiger partial charge in [-0.15, -0.1) is 0 Å². The quantitative estimate of drug-likeness (QED) is 0.742. The van der Waals surface area contributed by atoms with Crippen molar-refractivity contribution in [2.24, 2.45) is 5.73 Å². The van der Waals surface area contributed by atoms with E-state index in [1.807, 2.05) is 0 Å². The number of carbonyl (C=O) groups is 1. The summed E-state index contributed by atoms with van der Waals surface area (Å²) in [5.41, 5.74) is 5.69. The molecule has 98 valence electrons. The summed E-state index contributed by atoms with van der Waals surface area (Å²) in [6.45, 7) is 1.79. The molecule has 0 saturated carbocycles. The van der Waals surface area contributed by atoms with Crippen LogP contribution in [-0.2, 0) is 0 Å². The maximum absolute atomic E-state index is 13.6. The molecule has 1 saturated heterocycles. The van der Waals surface area contributed by atoms with Crippen molar-refractivity contribution in [3.05, 3.63) is 29.6 Å². The van der Waals surface area contributed by atoms with Gasteiger partial charge >= 0.3 is 0 Å². The maximum Gasteiger partial charge on any atom is 0.248 e. The van der Waals surface area contributed by atoms with E-state index >= 15 is 0 Å². The zero-order chi connectivity index (χ0) is 13.0. The van der Waals surface area contributed by atoms with Crippen LogP contribution >= 0.6 is 0 Å². The molecule has 0 aliphatic carbocycles. The maximum atomic E-state index is 13.6. The Kier molecular flexibility index (Phi) is 4.15. The highest BCUT2D eigenvalue weighted by Gasteiger charge is 2.13. The summed E-state index contributed by atoms with van der Waals surface area (Å²) >= 11 is 0. The second kappa shape index (κ2) is 5.82. The van der Waals surface area contributed by atoms with Crippen LogP contribution in [0.4, 0.5) is 10.1 Å². The van der Waals surface area contributed by atoms with Crippen molar-refractivity contribution >= 4 is 11.6 Å².